The molecule has 5 rings (SSSR count). The van der Waals surface area contributed by atoms with Crippen molar-refractivity contribution in [2.24, 2.45) is 5.92 Å². The Kier molecular flexibility index (Phi) is 5.69. The van der Waals surface area contributed by atoms with Crippen LogP contribution >= 0.6 is 11.3 Å². The van der Waals surface area contributed by atoms with E-state index >= 15 is 0 Å². The zero-order valence-electron chi connectivity index (χ0n) is 18.5. The summed E-state index contributed by atoms with van der Waals surface area (Å²) in [6, 6.07) is 0.601. The fourth-order valence-electron chi connectivity index (χ4n) is 5.18. The Morgan fingerprint density at radius 1 is 1.20 bits per heavy atom. The number of thiophene rings is 1. The Bertz CT molecular complexity index is 935. The Labute approximate surface area is 183 Å². The van der Waals surface area contributed by atoms with E-state index in [0.717, 1.165) is 36.6 Å². The number of carbonyl (C=O) groups excluding carboxylic acids is 1. The molecule has 0 radical (unpaired) electrons. The molecule has 6 heteroatoms. The second-order valence-corrected chi connectivity index (χ2v) is 10.6. The van der Waals surface area contributed by atoms with Crippen molar-refractivity contribution in [3.05, 3.63) is 16.3 Å². The van der Waals surface area contributed by atoms with Crippen LogP contribution in [-0.4, -0.2) is 47.0 Å². The monoisotopic (exact) mass is 426 g/mol. The predicted octanol–water partition coefficient (Wildman–Crippen LogP) is 4.75. The van der Waals surface area contributed by atoms with Gasteiger partial charge in [-0.1, -0.05) is 19.8 Å². The fraction of sp³-hybridized carbons (Fsp3) is 0.708. The lowest BCUT2D eigenvalue weighted by Crippen LogP contribution is -2.31. The molecule has 1 aliphatic heterocycles. The van der Waals surface area contributed by atoms with Crippen LogP contribution in [0.15, 0.2) is 0 Å². The Morgan fingerprint density at radius 2 is 2.03 bits per heavy atom. The van der Waals surface area contributed by atoms with Gasteiger partial charge in [-0.05, 0) is 62.8 Å². The SMILES string of the molecule is CCCCC1CCN(C(=O)Cc2nc(N(C)C3CC3)c3c4c(sc3n2)CCCC4)C1. The van der Waals surface area contributed by atoms with Crippen LogP contribution in [0.5, 0.6) is 0 Å². The van der Waals surface area contributed by atoms with E-state index in [4.69, 9.17) is 9.97 Å². The lowest BCUT2D eigenvalue weighted by Gasteiger charge is -2.21. The molecule has 0 spiro atoms. The van der Waals surface area contributed by atoms with E-state index in [9.17, 15) is 4.79 Å². The molecule has 30 heavy (non-hydrogen) atoms. The summed E-state index contributed by atoms with van der Waals surface area (Å²) in [5.74, 6) is 2.67. The van der Waals surface area contributed by atoms with Gasteiger partial charge in [0, 0.05) is 31.1 Å². The van der Waals surface area contributed by atoms with Gasteiger partial charge in [-0.15, -0.1) is 11.3 Å². The van der Waals surface area contributed by atoms with Gasteiger partial charge in [0.2, 0.25) is 5.91 Å². The Morgan fingerprint density at radius 3 is 2.83 bits per heavy atom. The number of aryl methyl sites for hydroxylation is 2. The molecule has 2 aliphatic carbocycles. The highest BCUT2D eigenvalue weighted by molar-refractivity contribution is 7.19. The summed E-state index contributed by atoms with van der Waals surface area (Å²) in [6.45, 7) is 4.06. The number of amides is 1. The van der Waals surface area contributed by atoms with E-state index in [-0.39, 0.29) is 5.91 Å². The zero-order chi connectivity index (χ0) is 20.7. The van der Waals surface area contributed by atoms with Crippen LogP contribution in [0.1, 0.15) is 74.6 Å². The summed E-state index contributed by atoms with van der Waals surface area (Å²) in [6.07, 6.45) is 12.6. The maximum absolute atomic E-state index is 13.0. The highest BCUT2D eigenvalue weighted by Crippen LogP contribution is 2.41. The number of carbonyl (C=O) groups is 1. The number of hydrogen-bond acceptors (Lipinski definition) is 5. The third-order valence-corrected chi connectivity index (χ3v) is 8.37. The first-order valence-electron chi connectivity index (χ1n) is 12.0. The van der Waals surface area contributed by atoms with Gasteiger partial charge in [0.25, 0.3) is 0 Å². The summed E-state index contributed by atoms with van der Waals surface area (Å²) < 4.78 is 0. The molecule has 2 fully saturated rings. The molecular formula is C24H34N4OS. The molecule has 1 unspecified atom stereocenters. The van der Waals surface area contributed by atoms with E-state index in [0.29, 0.717) is 24.2 Å². The highest BCUT2D eigenvalue weighted by Gasteiger charge is 2.32. The van der Waals surface area contributed by atoms with Gasteiger partial charge in [0.05, 0.1) is 11.8 Å². The van der Waals surface area contributed by atoms with Crippen molar-refractivity contribution < 1.29 is 4.79 Å². The van der Waals surface area contributed by atoms with Gasteiger partial charge in [-0.3, -0.25) is 4.79 Å². The minimum absolute atomic E-state index is 0.203. The first kappa shape index (κ1) is 20.2. The van der Waals surface area contributed by atoms with Gasteiger partial charge >= 0.3 is 0 Å². The Hall–Kier alpha value is -1.69. The first-order chi connectivity index (χ1) is 14.6. The number of anilines is 1. The average molecular weight is 427 g/mol. The van der Waals surface area contributed by atoms with Crippen molar-refractivity contribution in [2.45, 2.75) is 83.6 Å². The van der Waals surface area contributed by atoms with Crippen LogP contribution in [0.25, 0.3) is 10.2 Å². The van der Waals surface area contributed by atoms with Crippen LogP contribution in [0.3, 0.4) is 0 Å². The van der Waals surface area contributed by atoms with Gasteiger partial charge in [-0.25, -0.2) is 9.97 Å². The van der Waals surface area contributed by atoms with Gasteiger partial charge in [-0.2, -0.15) is 0 Å². The third-order valence-electron chi connectivity index (χ3n) is 7.18. The lowest BCUT2D eigenvalue weighted by atomic mass is 9.97. The number of aromatic nitrogens is 2. The molecule has 5 nitrogen and oxygen atoms in total. The second-order valence-electron chi connectivity index (χ2n) is 9.51. The number of rotatable bonds is 7. The summed E-state index contributed by atoms with van der Waals surface area (Å²) in [5, 5.41) is 1.28. The molecule has 1 amide bonds. The maximum atomic E-state index is 13.0. The molecule has 0 bridgehead atoms. The Balaban J connectivity index is 1.40. The van der Waals surface area contributed by atoms with Crippen molar-refractivity contribution in [2.75, 3.05) is 25.0 Å². The second kappa shape index (κ2) is 8.45. The normalized spacial score (nSPS) is 21.3. The van der Waals surface area contributed by atoms with Gasteiger partial charge < -0.3 is 9.80 Å². The fourth-order valence-corrected chi connectivity index (χ4v) is 6.46. The van der Waals surface area contributed by atoms with Crippen LogP contribution in [0.4, 0.5) is 5.82 Å². The number of likely N-dealkylation sites (tertiary alicyclic amines) is 1. The molecule has 1 saturated heterocycles. The van der Waals surface area contributed by atoms with E-state index in [1.54, 1.807) is 0 Å². The molecule has 2 aromatic heterocycles. The van der Waals surface area contributed by atoms with Crippen molar-refractivity contribution in [1.82, 2.24) is 14.9 Å². The highest BCUT2D eigenvalue weighted by atomic mass is 32.1. The van der Waals surface area contributed by atoms with E-state index in [1.807, 2.05) is 11.3 Å². The maximum Gasteiger partial charge on any atom is 0.230 e. The van der Waals surface area contributed by atoms with Gasteiger partial charge in [0.1, 0.15) is 16.5 Å². The molecule has 162 valence electrons. The summed E-state index contributed by atoms with van der Waals surface area (Å²) in [7, 11) is 2.18. The minimum atomic E-state index is 0.203. The number of hydrogen-bond donors (Lipinski definition) is 0. The van der Waals surface area contributed by atoms with E-state index in [2.05, 4.69) is 23.8 Å². The third kappa shape index (κ3) is 3.95. The van der Waals surface area contributed by atoms with Gasteiger partial charge in [0.15, 0.2) is 0 Å². The summed E-state index contributed by atoms with van der Waals surface area (Å²) >= 11 is 1.84. The molecule has 1 saturated carbocycles. The zero-order valence-corrected chi connectivity index (χ0v) is 19.3. The summed E-state index contributed by atoms with van der Waals surface area (Å²) in [5.41, 5.74) is 1.49. The predicted molar refractivity (Wildman–Crippen MR) is 123 cm³/mol. The summed E-state index contributed by atoms with van der Waals surface area (Å²) in [4.78, 5) is 30.0. The minimum Gasteiger partial charge on any atom is -0.356 e. The van der Waals surface area contributed by atoms with Crippen LogP contribution in [-0.2, 0) is 24.1 Å². The van der Waals surface area contributed by atoms with Crippen LogP contribution in [0.2, 0.25) is 0 Å². The molecule has 1 atom stereocenters. The van der Waals surface area contributed by atoms with Crippen LogP contribution < -0.4 is 4.90 Å². The lowest BCUT2D eigenvalue weighted by molar-refractivity contribution is -0.129. The van der Waals surface area contributed by atoms with Crippen molar-refractivity contribution in [3.8, 4) is 0 Å². The first-order valence-corrected chi connectivity index (χ1v) is 12.8. The molecule has 2 aromatic rings. The molecule has 3 heterocycles. The van der Waals surface area contributed by atoms with Crippen molar-refractivity contribution in [3.63, 3.8) is 0 Å². The quantitative estimate of drug-likeness (QED) is 0.641. The smallest absolute Gasteiger partial charge is 0.230 e. The molecule has 0 N–H and O–H groups in total. The molecular weight excluding hydrogens is 392 g/mol. The topological polar surface area (TPSA) is 49.3 Å². The standard InChI is InChI=1S/C24H34N4OS/c1-3-4-7-16-12-13-28(15-16)21(29)14-20-25-23(27(2)17-10-11-17)22-18-8-5-6-9-19(18)30-24(22)26-20/h16-17H,3-15H2,1-2H3. The molecule has 0 aromatic carbocycles. The largest absolute Gasteiger partial charge is 0.356 e. The van der Waals surface area contributed by atoms with Crippen molar-refractivity contribution >= 4 is 33.3 Å². The number of unbranched alkanes of at least 4 members (excludes halogenated alkanes) is 1. The average Bonchev–Trinajstić information content (AvgIpc) is 3.37. The number of fused-ring (bicyclic) bond motifs is 3. The van der Waals surface area contributed by atoms with Crippen LogP contribution in [0, 0.1) is 5.92 Å². The van der Waals surface area contributed by atoms with Crippen molar-refractivity contribution in [1.29, 1.82) is 0 Å². The van der Waals surface area contributed by atoms with E-state index < -0.39 is 0 Å². The van der Waals surface area contributed by atoms with E-state index in [1.165, 1.54) is 67.2 Å². The number of nitrogens with zero attached hydrogens (tertiary/aromatic N) is 4. The molecule has 3 aliphatic rings.